The summed E-state index contributed by atoms with van der Waals surface area (Å²) in [7, 11) is 2.06. The first-order valence-electron chi connectivity index (χ1n) is 7.35. The van der Waals surface area contributed by atoms with E-state index in [4.69, 9.17) is 11.6 Å². The first-order valence-corrected chi connectivity index (χ1v) is 8.52. The Bertz CT molecular complexity index is 616. The van der Waals surface area contributed by atoms with Gasteiger partial charge in [0.05, 0.1) is 0 Å². The van der Waals surface area contributed by atoms with Gasteiger partial charge in [-0.1, -0.05) is 57.9 Å². The third kappa shape index (κ3) is 3.33. The lowest BCUT2D eigenvalue weighted by Gasteiger charge is -2.23. The van der Waals surface area contributed by atoms with E-state index < -0.39 is 0 Å². The molecule has 1 aliphatic carbocycles. The maximum Gasteiger partial charge on any atom is 0.0449 e. The van der Waals surface area contributed by atoms with Gasteiger partial charge >= 0.3 is 0 Å². The van der Waals surface area contributed by atoms with Crippen molar-refractivity contribution in [1.82, 2.24) is 5.32 Å². The fourth-order valence-corrected chi connectivity index (χ4v) is 4.06. The molecule has 2 aromatic rings. The topological polar surface area (TPSA) is 12.0 Å². The molecule has 0 aliphatic heterocycles. The van der Waals surface area contributed by atoms with Gasteiger partial charge in [0.25, 0.3) is 0 Å². The average molecular weight is 365 g/mol. The van der Waals surface area contributed by atoms with Gasteiger partial charge in [-0.15, -0.1) is 0 Å². The highest BCUT2D eigenvalue weighted by atomic mass is 79.9. The molecular weight excluding hydrogens is 346 g/mol. The first-order chi connectivity index (χ1) is 10.2. The second-order valence-corrected chi connectivity index (χ2v) is 7.09. The zero-order chi connectivity index (χ0) is 14.8. The maximum absolute atomic E-state index is 6.37. The zero-order valence-corrected chi connectivity index (χ0v) is 14.4. The van der Waals surface area contributed by atoms with Crippen LogP contribution in [0.15, 0.2) is 46.9 Å². The van der Waals surface area contributed by atoms with E-state index in [2.05, 4.69) is 64.7 Å². The van der Waals surface area contributed by atoms with Gasteiger partial charge in [0.2, 0.25) is 0 Å². The van der Waals surface area contributed by atoms with E-state index in [1.165, 1.54) is 16.7 Å². The van der Waals surface area contributed by atoms with Crippen molar-refractivity contribution in [3.63, 3.8) is 0 Å². The van der Waals surface area contributed by atoms with Crippen LogP contribution in [0.5, 0.6) is 0 Å². The molecule has 0 aromatic heterocycles. The minimum atomic E-state index is 0.455. The first kappa shape index (κ1) is 15.1. The summed E-state index contributed by atoms with van der Waals surface area (Å²) >= 11 is 9.83. The molecule has 0 saturated carbocycles. The predicted molar refractivity (Wildman–Crippen MR) is 93.0 cm³/mol. The van der Waals surface area contributed by atoms with Crippen LogP contribution in [0.3, 0.4) is 0 Å². The summed E-state index contributed by atoms with van der Waals surface area (Å²) in [5, 5.41) is 4.35. The lowest BCUT2D eigenvalue weighted by Crippen LogP contribution is -2.36. The van der Waals surface area contributed by atoms with Crippen molar-refractivity contribution < 1.29 is 0 Å². The summed E-state index contributed by atoms with van der Waals surface area (Å²) in [6.07, 6.45) is 3.30. The van der Waals surface area contributed by atoms with Crippen molar-refractivity contribution in [2.45, 2.75) is 25.3 Å². The maximum atomic E-state index is 6.37. The van der Waals surface area contributed by atoms with Crippen LogP contribution in [-0.4, -0.2) is 13.1 Å². The minimum absolute atomic E-state index is 0.455. The van der Waals surface area contributed by atoms with Gasteiger partial charge in [-0.25, -0.2) is 0 Å². The predicted octanol–water partition coefficient (Wildman–Crippen LogP) is 4.65. The molecule has 1 nitrogen and oxygen atoms in total. The number of rotatable bonds is 4. The third-order valence-corrected chi connectivity index (χ3v) is 5.32. The Morgan fingerprint density at radius 3 is 2.43 bits per heavy atom. The van der Waals surface area contributed by atoms with Gasteiger partial charge < -0.3 is 5.32 Å². The number of benzene rings is 2. The summed E-state index contributed by atoms with van der Waals surface area (Å²) in [5.41, 5.74) is 4.23. The van der Waals surface area contributed by atoms with Crippen molar-refractivity contribution in [3.05, 3.63) is 68.7 Å². The van der Waals surface area contributed by atoms with E-state index in [1.54, 1.807) is 0 Å². The van der Waals surface area contributed by atoms with Crippen molar-refractivity contribution in [1.29, 1.82) is 0 Å². The quantitative estimate of drug-likeness (QED) is 0.833. The average Bonchev–Trinajstić information content (AvgIpc) is 2.90. The highest BCUT2D eigenvalue weighted by molar-refractivity contribution is 9.10. The number of nitrogens with one attached hydrogen (secondary N) is 1. The Balaban J connectivity index is 1.75. The number of fused-ring (bicyclic) bond motifs is 1. The van der Waals surface area contributed by atoms with Crippen LogP contribution in [0.25, 0.3) is 0 Å². The Hall–Kier alpha value is -0.830. The lowest BCUT2D eigenvalue weighted by molar-refractivity contribution is 0.383. The third-order valence-electron chi connectivity index (χ3n) is 4.48. The van der Waals surface area contributed by atoms with E-state index in [9.17, 15) is 0 Å². The van der Waals surface area contributed by atoms with Crippen LogP contribution in [0, 0.1) is 5.92 Å². The van der Waals surface area contributed by atoms with Crippen LogP contribution >= 0.6 is 27.5 Å². The largest absolute Gasteiger partial charge is 0.316 e. The monoisotopic (exact) mass is 363 g/mol. The minimum Gasteiger partial charge on any atom is -0.316 e. The highest BCUT2D eigenvalue weighted by Gasteiger charge is 2.28. The number of hydrogen-bond donors (Lipinski definition) is 1. The Morgan fingerprint density at radius 2 is 1.86 bits per heavy atom. The molecule has 0 radical (unpaired) electrons. The second-order valence-electron chi connectivity index (χ2n) is 5.77. The molecule has 1 aliphatic rings. The summed E-state index contributed by atoms with van der Waals surface area (Å²) in [6, 6.07) is 15.4. The molecule has 0 heterocycles. The van der Waals surface area contributed by atoms with Gasteiger partial charge in [-0.3, -0.25) is 0 Å². The van der Waals surface area contributed by atoms with Gasteiger partial charge in [0.15, 0.2) is 0 Å². The normalized spacial score (nSPS) is 16.0. The fraction of sp³-hybridized carbons (Fsp3) is 0.333. The Kier molecular flexibility index (Phi) is 4.68. The molecule has 3 heteroatoms. The van der Waals surface area contributed by atoms with Gasteiger partial charge in [-0.2, -0.15) is 0 Å². The van der Waals surface area contributed by atoms with Gasteiger partial charge in [-0.05, 0) is 61.1 Å². The van der Waals surface area contributed by atoms with E-state index in [0.717, 1.165) is 28.8 Å². The molecule has 0 fully saturated rings. The molecule has 1 N–H and O–H groups in total. The van der Waals surface area contributed by atoms with E-state index in [-0.39, 0.29) is 0 Å². The lowest BCUT2D eigenvalue weighted by atomic mass is 9.91. The fourth-order valence-electron chi connectivity index (χ4n) is 3.31. The Morgan fingerprint density at radius 1 is 1.19 bits per heavy atom. The second kappa shape index (κ2) is 6.51. The van der Waals surface area contributed by atoms with E-state index in [0.29, 0.717) is 12.0 Å². The molecule has 0 spiro atoms. The zero-order valence-electron chi connectivity index (χ0n) is 12.1. The van der Waals surface area contributed by atoms with Crippen molar-refractivity contribution >= 4 is 27.5 Å². The van der Waals surface area contributed by atoms with E-state index in [1.807, 2.05) is 6.07 Å². The summed E-state index contributed by atoms with van der Waals surface area (Å²) in [6.45, 7) is 0. The summed E-state index contributed by atoms with van der Waals surface area (Å²) in [4.78, 5) is 0. The molecule has 3 rings (SSSR count). The highest BCUT2D eigenvalue weighted by Crippen LogP contribution is 2.31. The van der Waals surface area contributed by atoms with Crippen LogP contribution in [0.2, 0.25) is 5.02 Å². The molecule has 0 bridgehead atoms. The van der Waals surface area contributed by atoms with Gasteiger partial charge in [0.1, 0.15) is 0 Å². The van der Waals surface area contributed by atoms with Crippen molar-refractivity contribution in [3.8, 4) is 0 Å². The van der Waals surface area contributed by atoms with Crippen LogP contribution in [-0.2, 0) is 19.3 Å². The molecule has 21 heavy (non-hydrogen) atoms. The van der Waals surface area contributed by atoms with Crippen LogP contribution in [0.4, 0.5) is 0 Å². The van der Waals surface area contributed by atoms with Crippen molar-refractivity contribution in [2.24, 2.45) is 5.92 Å². The Labute approximate surface area is 139 Å². The summed E-state index contributed by atoms with van der Waals surface area (Å²) in [5.74, 6) is 0.645. The van der Waals surface area contributed by atoms with E-state index >= 15 is 0 Å². The van der Waals surface area contributed by atoms with Crippen LogP contribution < -0.4 is 5.32 Å². The standard InChI is InChI=1S/C18H19BrClN/c1-21-18(10-14-6-7-16(19)11-17(14)20)15-8-12-4-2-3-5-13(12)9-15/h2-7,11,15,18,21H,8-10H2,1H3. The molecule has 0 saturated heterocycles. The molecule has 1 atom stereocenters. The summed E-state index contributed by atoms with van der Waals surface area (Å²) < 4.78 is 1.03. The molecule has 2 aromatic carbocycles. The molecule has 1 unspecified atom stereocenters. The SMILES string of the molecule is CNC(Cc1ccc(Br)cc1Cl)C1Cc2ccccc2C1. The number of likely N-dealkylation sites (N-methyl/N-ethyl adjacent to an activating group) is 1. The van der Waals surface area contributed by atoms with Gasteiger partial charge in [0, 0.05) is 15.5 Å². The molecular formula is C18H19BrClN. The van der Waals surface area contributed by atoms with Crippen molar-refractivity contribution in [2.75, 3.05) is 7.05 Å². The molecule has 110 valence electrons. The van der Waals surface area contributed by atoms with Crippen LogP contribution in [0.1, 0.15) is 16.7 Å². The number of hydrogen-bond acceptors (Lipinski definition) is 1. The molecule has 0 amide bonds. The number of halogens is 2. The smallest absolute Gasteiger partial charge is 0.0449 e.